The van der Waals surface area contributed by atoms with Crippen LogP contribution in [0.15, 0.2) is 18.2 Å². The molecule has 0 aliphatic carbocycles. The molecular weight excluding hydrogens is 275 g/mol. The van der Waals surface area contributed by atoms with E-state index in [-0.39, 0.29) is 18.4 Å². The molecule has 0 aliphatic rings. The normalized spacial score (nSPS) is 14.2. The van der Waals surface area contributed by atoms with Crippen molar-refractivity contribution >= 4 is 29.1 Å². The zero-order valence-electron chi connectivity index (χ0n) is 9.99. The summed E-state index contributed by atoms with van der Waals surface area (Å²) in [5.74, 6) is -0.379. The second-order valence-corrected chi connectivity index (χ2v) is 5.07. The molecule has 0 aromatic heterocycles. The first-order chi connectivity index (χ1) is 8.38. The maximum Gasteiger partial charge on any atom is 0.218 e. The highest BCUT2D eigenvalue weighted by Crippen LogP contribution is 2.23. The van der Waals surface area contributed by atoms with Gasteiger partial charge in [0.05, 0.1) is 6.10 Å². The maximum atomic E-state index is 10.7. The summed E-state index contributed by atoms with van der Waals surface area (Å²) in [6, 6.07) is 4.81. The van der Waals surface area contributed by atoms with Gasteiger partial charge in [0.2, 0.25) is 5.91 Å². The van der Waals surface area contributed by atoms with E-state index >= 15 is 0 Å². The fraction of sp³-hybridized carbons (Fsp3) is 0.417. The molecule has 4 nitrogen and oxygen atoms in total. The monoisotopic (exact) mass is 290 g/mol. The van der Waals surface area contributed by atoms with E-state index in [4.69, 9.17) is 28.9 Å². The van der Waals surface area contributed by atoms with Crippen molar-refractivity contribution in [2.45, 2.75) is 25.5 Å². The fourth-order valence-corrected chi connectivity index (χ4v) is 2.12. The molecule has 100 valence electrons. The Labute approximate surface area is 116 Å². The molecular formula is C12H16Cl2N2O2. The van der Waals surface area contributed by atoms with Crippen LogP contribution in [0.2, 0.25) is 10.0 Å². The van der Waals surface area contributed by atoms with Crippen molar-refractivity contribution in [1.29, 1.82) is 0 Å². The Bertz CT molecular complexity index is 406. The molecule has 18 heavy (non-hydrogen) atoms. The summed E-state index contributed by atoms with van der Waals surface area (Å²) in [6.45, 7) is 2.12. The SMILES string of the molecule is CC(CC(N)=O)NCC(O)c1cc(Cl)cc(Cl)c1. The average Bonchev–Trinajstić information content (AvgIpc) is 2.23. The summed E-state index contributed by atoms with van der Waals surface area (Å²) >= 11 is 11.7. The highest BCUT2D eigenvalue weighted by Gasteiger charge is 2.12. The van der Waals surface area contributed by atoms with Gasteiger partial charge in [-0.15, -0.1) is 0 Å². The van der Waals surface area contributed by atoms with Crippen LogP contribution in [0.25, 0.3) is 0 Å². The molecule has 0 aliphatic heterocycles. The first kappa shape index (κ1) is 15.2. The smallest absolute Gasteiger partial charge is 0.218 e. The minimum Gasteiger partial charge on any atom is -0.387 e. The lowest BCUT2D eigenvalue weighted by Crippen LogP contribution is -2.33. The van der Waals surface area contributed by atoms with Gasteiger partial charge in [-0.25, -0.2) is 0 Å². The number of hydrogen-bond donors (Lipinski definition) is 3. The van der Waals surface area contributed by atoms with E-state index in [0.29, 0.717) is 22.2 Å². The first-order valence-electron chi connectivity index (χ1n) is 5.54. The Morgan fingerprint density at radius 2 is 1.94 bits per heavy atom. The first-order valence-corrected chi connectivity index (χ1v) is 6.30. The fourth-order valence-electron chi connectivity index (χ4n) is 1.57. The molecule has 0 heterocycles. The van der Waals surface area contributed by atoms with Gasteiger partial charge in [-0.2, -0.15) is 0 Å². The number of primary amides is 1. The number of aliphatic hydroxyl groups excluding tert-OH is 1. The molecule has 6 heteroatoms. The summed E-state index contributed by atoms with van der Waals surface area (Å²) in [5, 5.41) is 13.9. The van der Waals surface area contributed by atoms with E-state index in [1.54, 1.807) is 18.2 Å². The van der Waals surface area contributed by atoms with Gasteiger partial charge in [-0.1, -0.05) is 23.2 Å². The Morgan fingerprint density at radius 3 is 2.44 bits per heavy atom. The van der Waals surface area contributed by atoms with Crippen LogP contribution in [0.1, 0.15) is 25.0 Å². The van der Waals surface area contributed by atoms with Gasteiger partial charge in [0.1, 0.15) is 0 Å². The van der Waals surface area contributed by atoms with Crippen molar-refractivity contribution in [2.24, 2.45) is 5.73 Å². The summed E-state index contributed by atoms with van der Waals surface area (Å²) < 4.78 is 0. The van der Waals surface area contributed by atoms with Gasteiger partial charge in [-0.3, -0.25) is 4.79 Å². The minimum absolute atomic E-state index is 0.0909. The Balaban J connectivity index is 2.54. The largest absolute Gasteiger partial charge is 0.387 e. The van der Waals surface area contributed by atoms with E-state index in [1.165, 1.54) is 0 Å². The van der Waals surface area contributed by atoms with Crippen LogP contribution in [0, 0.1) is 0 Å². The van der Waals surface area contributed by atoms with Crippen LogP contribution in [0.4, 0.5) is 0 Å². The van der Waals surface area contributed by atoms with Gasteiger partial charge in [-0.05, 0) is 30.7 Å². The van der Waals surface area contributed by atoms with E-state index in [2.05, 4.69) is 5.32 Å². The quantitative estimate of drug-likeness (QED) is 0.749. The molecule has 1 rings (SSSR count). The van der Waals surface area contributed by atoms with Gasteiger partial charge < -0.3 is 16.2 Å². The number of benzene rings is 1. The van der Waals surface area contributed by atoms with Crippen molar-refractivity contribution in [3.63, 3.8) is 0 Å². The van der Waals surface area contributed by atoms with Gasteiger partial charge >= 0.3 is 0 Å². The van der Waals surface area contributed by atoms with Gasteiger partial charge in [0.15, 0.2) is 0 Å². The highest BCUT2D eigenvalue weighted by molar-refractivity contribution is 6.34. The molecule has 1 aromatic rings. The third kappa shape index (κ3) is 5.23. The van der Waals surface area contributed by atoms with Gasteiger partial charge in [0, 0.05) is 29.1 Å². The second-order valence-electron chi connectivity index (χ2n) is 4.20. The topological polar surface area (TPSA) is 75.4 Å². The van der Waals surface area contributed by atoms with E-state index in [0.717, 1.165) is 0 Å². The van der Waals surface area contributed by atoms with Crippen molar-refractivity contribution in [3.8, 4) is 0 Å². The molecule has 1 amide bonds. The Kier molecular flexibility index (Phi) is 5.88. The molecule has 0 saturated heterocycles. The number of rotatable bonds is 6. The molecule has 0 radical (unpaired) electrons. The molecule has 4 N–H and O–H groups in total. The Morgan fingerprint density at radius 1 is 1.39 bits per heavy atom. The number of nitrogens with one attached hydrogen (secondary N) is 1. The van der Waals surface area contributed by atoms with Crippen molar-refractivity contribution in [2.75, 3.05) is 6.54 Å². The summed E-state index contributed by atoms with van der Waals surface area (Å²) in [6.07, 6.45) is -0.514. The Hall–Kier alpha value is -0.810. The van der Waals surface area contributed by atoms with Crippen LogP contribution in [0.5, 0.6) is 0 Å². The van der Waals surface area contributed by atoms with Crippen LogP contribution in [0.3, 0.4) is 0 Å². The maximum absolute atomic E-state index is 10.7. The third-order valence-corrected chi connectivity index (χ3v) is 2.87. The molecule has 0 fully saturated rings. The number of carbonyl (C=O) groups is 1. The minimum atomic E-state index is -0.739. The lowest BCUT2D eigenvalue weighted by atomic mass is 10.1. The highest BCUT2D eigenvalue weighted by atomic mass is 35.5. The van der Waals surface area contributed by atoms with Crippen LogP contribution in [-0.2, 0) is 4.79 Å². The average molecular weight is 291 g/mol. The van der Waals surface area contributed by atoms with Crippen LogP contribution < -0.4 is 11.1 Å². The zero-order valence-corrected chi connectivity index (χ0v) is 11.5. The van der Waals surface area contributed by atoms with E-state index in [1.807, 2.05) is 6.92 Å². The lowest BCUT2D eigenvalue weighted by Gasteiger charge is -2.16. The van der Waals surface area contributed by atoms with Gasteiger partial charge in [0.25, 0.3) is 0 Å². The molecule has 0 saturated carbocycles. The lowest BCUT2D eigenvalue weighted by molar-refractivity contribution is -0.118. The summed E-state index contributed by atoms with van der Waals surface area (Å²) in [7, 11) is 0. The predicted molar refractivity (Wildman–Crippen MR) is 72.7 cm³/mol. The molecule has 0 bridgehead atoms. The van der Waals surface area contributed by atoms with Crippen molar-refractivity contribution in [1.82, 2.24) is 5.32 Å². The zero-order chi connectivity index (χ0) is 13.7. The molecule has 2 unspecified atom stereocenters. The number of aliphatic hydroxyl groups is 1. The van der Waals surface area contributed by atoms with E-state index in [9.17, 15) is 9.90 Å². The van der Waals surface area contributed by atoms with Crippen LogP contribution >= 0.6 is 23.2 Å². The van der Waals surface area contributed by atoms with E-state index < -0.39 is 6.10 Å². The second kappa shape index (κ2) is 6.95. The number of nitrogens with two attached hydrogens (primary N) is 1. The molecule has 0 spiro atoms. The standard InChI is InChI=1S/C12H16Cl2N2O2/c1-7(2-12(15)18)16-6-11(17)8-3-9(13)5-10(14)4-8/h3-5,7,11,16-17H,2,6H2,1H3,(H2,15,18). The van der Waals surface area contributed by atoms with Crippen LogP contribution in [-0.4, -0.2) is 23.6 Å². The number of halogens is 2. The summed E-state index contributed by atoms with van der Waals surface area (Å²) in [4.78, 5) is 10.7. The number of hydrogen-bond acceptors (Lipinski definition) is 3. The molecule has 2 atom stereocenters. The predicted octanol–water partition coefficient (Wildman–Crippen LogP) is 1.88. The van der Waals surface area contributed by atoms with Crippen molar-refractivity contribution in [3.05, 3.63) is 33.8 Å². The van der Waals surface area contributed by atoms with Crippen molar-refractivity contribution < 1.29 is 9.90 Å². The number of carbonyl (C=O) groups excluding carboxylic acids is 1. The molecule has 1 aromatic carbocycles. The summed E-state index contributed by atoms with van der Waals surface area (Å²) in [5.41, 5.74) is 5.71. The third-order valence-electron chi connectivity index (χ3n) is 2.44. The number of amides is 1.